The Morgan fingerprint density at radius 1 is 1.00 bits per heavy atom. The molecule has 0 unspecified atom stereocenters. The molecule has 0 aliphatic carbocycles. The number of hydrogen-bond donors (Lipinski definition) is 3. The maximum Gasteiger partial charge on any atom is 0.471 e. The van der Waals surface area contributed by atoms with Gasteiger partial charge in [-0.2, -0.15) is 13.2 Å². The number of carbonyl (C=O) groups excluding carboxylic acids is 1. The van der Waals surface area contributed by atoms with Crippen LogP contribution in [0.25, 0.3) is 0 Å². The minimum atomic E-state index is -5.15. The van der Waals surface area contributed by atoms with Gasteiger partial charge in [-0.3, -0.25) is 4.79 Å². The second-order valence-electron chi connectivity index (χ2n) is 7.83. The van der Waals surface area contributed by atoms with Crippen LogP contribution in [0.5, 0.6) is 11.5 Å². The zero-order chi connectivity index (χ0) is 27.2. The summed E-state index contributed by atoms with van der Waals surface area (Å²) in [5, 5.41) is 12.5. The van der Waals surface area contributed by atoms with E-state index in [1.807, 2.05) is 0 Å². The second kappa shape index (κ2) is 11.7. The normalized spacial score (nSPS) is 12.8. The number of halogens is 6. The highest BCUT2D eigenvalue weighted by Crippen LogP contribution is 2.26. The molecule has 0 saturated carbocycles. The lowest BCUT2D eigenvalue weighted by molar-refractivity contribution is -0.175. The van der Waals surface area contributed by atoms with E-state index in [0.717, 1.165) is 18.3 Å². The summed E-state index contributed by atoms with van der Waals surface area (Å²) >= 11 is 0. The third-order valence-electron chi connectivity index (χ3n) is 5.06. The summed E-state index contributed by atoms with van der Waals surface area (Å²) < 4.78 is 89.6. The van der Waals surface area contributed by atoms with Gasteiger partial charge >= 0.3 is 12.1 Å². The first kappa shape index (κ1) is 27.4. The molecule has 0 heterocycles. The van der Waals surface area contributed by atoms with Gasteiger partial charge in [0.2, 0.25) is 0 Å². The van der Waals surface area contributed by atoms with Crippen molar-refractivity contribution in [3.63, 3.8) is 0 Å². The lowest BCUT2D eigenvalue weighted by Crippen LogP contribution is -2.50. The lowest BCUT2D eigenvalue weighted by atomic mass is 10.1. The fourth-order valence-corrected chi connectivity index (χ4v) is 3.14. The molecule has 3 aromatic carbocycles. The third kappa shape index (κ3) is 7.63. The Kier molecular flexibility index (Phi) is 8.64. The smallest absolute Gasteiger partial charge is 0.471 e. The molecule has 0 bridgehead atoms. The molecule has 3 N–H and O–H groups in total. The van der Waals surface area contributed by atoms with Crippen molar-refractivity contribution < 1.29 is 40.6 Å². The van der Waals surface area contributed by atoms with Gasteiger partial charge in [-0.05, 0) is 61.5 Å². The number of anilines is 2. The first-order chi connectivity index (χ1) is 17.5. The molecule has 0 saturated heterocycles. The molecule has 0 spiro atoms. The number of amides is 1. The number of alkyl halides is 3. The Balaban J connectivity index is 1.81. The van der Waals surface area contributed by atoms with Crippen LogP contribution < -0.4 is 20.1 Å². The predicted octanol–water partition coefficient (Wildman–Crippen LogP) is 5.74. The highest BCUT2D eigenvalue weighted by molar-refractivity contribution is 5.88. The van der Waals surface area contributed by atoms with E-state index in [-0.39, 0.29) is 11.5 Å². The lowest BCUT2D eigenvalue weighted by Gasteiger charge is -2.27. The van der Waals surface area contributed by atoms with Crippen molar-refractivity contribution in [3.05, 3.63) is 83.7 Å². The standard InChI is InChI=1S/C25H21F6N3O3/c1-14(33-24(35)25(29,30)31)23(13-36-22-9-4-17(27)11-20(22)28)37-19-7-8-21(15(10-19)12-32)34-18-5-2-16(26)3-6-18/h2-12,14,23,32,34H,13H2,1H3,(H,33,35)/t14-,23+/m0/s1. The molecule has 0 fully saturated rings. The van der Waals surface area contributed by atoms with E-state index < -0.39 is 48.3 Å². The Morgan fingerprint density at radius 3 is 2.30 bits per heavy atom. The zero-order valence-electron chi connectivity index (χ0n) is 19.2. The van der Waals surface area contributed by atoms with E-state index in [1.54, 1.807) is 5.32 Å². The molecule has 0 aliphatic rings. The quantitative estimate of drug-likeness (QED) is 0.233. The number of ether oxygens (including phenoxy) is 2. The van der Waals surface area contributed by atoms with E-state index in [4.69, 9.17) is 14.9 Å². The average Bonchev–Trinajstić information content (AvgIpc) is 2.84. The Labute approximate surface area is 207 Å². The minimum absolute atomic E-state index is 0.101. The zero-order valence-corrected chi connectivity index (χ0v) is 19.2. The molecule has 0 aromatic heterocycles. The number of hydrogen-bond acceptors (Lipinski definition) is 5. The van der Waals surface area contributed by atoms with E-state index in [0.29, 0.717) is 23.0 Å². The van der Waals surface area contributed by atoms with Crippen molar-refractivity contribution in [2.45, 2.75) is 25.2 Å². The fourth-order valence-electron chi connectivity index (χ4n) is 3.14. The van der Waals surface area contributed by atoms with E-state index in [2.05, 4.69) is 5.32 Å². The molecule has 0 radical (unpaired) electrons. The van der Waals surface area contributed by atoms with Crippen molar-refractivity contribution in [1.82, 2.24) is 5.32 Å². The monoisotopic (exact) mass is 525 g/mol. The van der Waals surface area contributed by atoms with Gasteiger partial charge in [-0.25, -0.2) is 13.2 Å². The molecule has 3 aromatic rings. The maximum atomic E-state index is 14.0. The summed E-state index contributed by atoms with van der Waals surface area (Å²) in [5.74, 6) is -4.79. The number of benzene rings is 3. The topological polar surface area (TPSA) is 83.4 Å². The molecule has 3 rings (SSSR count). The fraction of sp³-hybridized carbons (Fsp3) is 0.200. The van der Waals surface area contributed by atoms with Crippen LogP contribution in [0.3, 0.4) is 0 Å². The Morgan fingerprint density at radius 2 is 1.68 bits per heavy atom. The molecular weight excluding hydrogens is 504 g/mol. The van der Waals surface area contributed by atoms with E-state index in [9.17, 15) is 31.1 Å². The average molecular weight is 525 g/mol. The minimum Gasteiger partial charge on any atom is -0.487 e. The van der Waals surface area contributed by atoms with Crippen LogP contribution in [0.4, 0.5) is 37.7 Å². The van der Waals surface area contributed by atoms with Gasteiger partial charge in [0.25, 0.3) is 0 Å². The SMILES string of the molecule is C[C@H](NC(=O)C(F)(F)F)[C@@H](COc1ccc(F)cc1F)Oc1ccc(Nc2ccc(F)cc2)c(C=N)c1. The van der Waals surface area contributed by atoms with Gasteiger partial charge in [0, 0.05) is 29.2 Å². The Hall–Kier alpha value is -4.22. The summed E-state index contributed by atoms with van der Waals surface area (Å²) in [4.78, 5) is 11.4. The van der Waals surface area contributed by atoms with Crippen LogP contribution in [0.1, 0.15) is 12.5 Å². The van der Waals surface area contributed by atoms with Gasteiger partial charge in [-0.15, -0.1) is 0 Å². The predicted molar refractivity (Wildman–Crippen MR) is 124 cm³/mol. The van der Waals surface area contributed by atoms with Crippen LogP contribution >= 0.6 is 0 Å². The summed E-state index contributed by atoms with van der Waals surface area (Å²) in [5.41, 5.74) is 1.31. The number of carbonyl (C=O) groups is 1. The van der Waals surface area contributed by atoms with Crippen LogP contribution in [-0.4, -0.2) is 37.1 Å². The second-order valence-corrected chi connectivity index (χ2v) is 7.83. The molecule has 0 aliphatic heterocycles. The molecule has 1 amide bonds. The summed E-state index contributed by atoms with van der Waals surface area (Å²) in [6.07, 6.45) is -5.42. The highest BCUT2D eigenvalue weighted by Gasteiger charge is 2.40. The third-order valence-corrected chi connectivity index (χ3v) is 5.06. The van der Waals surface area contributed by atoms with Gasteiger partial charge in [0.05, 0.1) is 6.04 Å². The molecule has 37 heavy (non-hydrogen) atoms. The molecule has 2 atom stereocenters. The molecule has 6 nitrogen and oxygen atoms in total. The van der Waals surface area contributed by atoms with Crippen molar-refractivity contribution in [2.75, 3.05) is 11.9 Å². The summed E-state index contributed by atoms with van der Waals surface area (Å²) in [6, 6.07) is 11.1. The van der Waals surface area contributed by atoms with Gasteiger partial charge in [0.15, 0.2) is 17.7 Å². The van der Waals surface area contributed by atoms with Crippen molar-refractivity contribution in [2.24, 2.45) is 0 Å². The van der Waals surface area contributed by atoms with Crippen molar-refractivity contribution in [3.8, 4) is 11.5 Å². The van der Waals surface area contributed by atoms with E-state index >= 15 is 0 Å². The Bertz CT molecular complexity index is 1250. The van der Waals surface area contributed by atoms with Crippen LogP contribution in [0.2, 0.25) is 0 Å². The first-order valence-corrected chi connectivity index (χ1v) is 10.8. The molecule has 196 valence electrons. The van der Waals surface area contributed by atoms with Gasteiger partial charge in [0.1, 0.15) is 24.0 Å². The highest BCUT2D eigenvalue weighted by atomic mass is 19.4. The number of rotatable bonds is 10. The van der Waals surface area contributed by atoms with Gasteiger partial charge in [-0.1, -0.05) is 0 Å². The molecular formula is C25H21F6N3O3. The van der Waals surface area contributed by atoms with E-state index in [1.165, 1.54) is 49.4 Å². The maximum absolute atomic E-state index is 14.0. The van der Waals surface area contributed by atoms with Crippen LogP contribution in [-0.2, 0) is 4.79 Å². The van der Waals surface area contributed by atoms with Crippen LogP contribution in [0, 0.1) is 22.9 Å². The molecule has 12 heteroatoms. The van der Waals surface area contributed by atoms with Crippen molar-refractivity contribution >= 4 is 23.5 Å². The van der Waals surface area contributed by atoms with Gasteiger partial charge < -0.3 is 25.5 Å². The summed E-state index contributed by atoms with van der Waals surface area (Å²) in [7, 11) is 0. The first-order valence-electron chi connectivity index (χ1n) is 10.8. The van der Waals surface area contributed by atoms with Crippen LogP contribution in [0.15, 0.2) is 60.7 Å². The largest absolute Gasteiger partial charge is 0.487 e. The number of nitrogens with one attached hydrogen (secondary N) is 3. The summed E-state index contributed by atoms with van der Waals surface area (Å²) in [6.45, 7) is 0.720. The van der Waals surface area contributed by atoms with Crippen molar-refractivity contribution in [1.29, 1.82) is 5.41 Å².